The number of nitrogens with zero attached hydrogens (tertiary/aromatic N) is 2. The Morgan fingerprint density at radius 3 is 2.41 bits per heavy atom. The largest absolute Gasteiger partial charge is 0.481 e. The predicted molar refractivity (Wildman–Crippen MR) is 138 cm³/mol. The van der Waals surface area contributed by atoms with Crippen molar-refractivity contribution in [3.8, 4) is 11.6 Å². The van der Waals surface area contributed by atoms with Gasteiger partial charge >= 0.3 is 5.97 Å². The van der Waals surface area contributed by atoms with Crippen LogP contribution in [0.1, 0.15) is 56.2 Å². The number of aliphatic carboxylic acids is 1. The molecule has 1 aromatic heterocycles. The molecular formula is C26H28Cl2FN3O5. The van der Waals surface area contributed by atoms with Crippen molar-refractivity contribution >= 4 is 35.1 Å². The molecule has 0 radical (unpaired) electrons. The minimum Gasteiger partial charge on any atom is -0.481 e. The monoisotopic (exact) mass is 551 g/mol. The lowest BCUT2D eigenvalue weighted by Gasteiger charge is -2.36. The molecule has 37 heavy (non-hydrogen) atoms. The van der Waals surface area contributed by atoms with E-state index in [4.69, 9.17) is 27.9 Å². The number of carbonyl (C=O) groups excluding carboxylic acids is 1. The van der Waals surface area contributed by atoms with E-state index < -0.39 is 41.2 Å². The van der Waals surface area contributed by atoms with Crippen molar-refractivity contribution < 1.29 is 28.9 Å². The molecule has 0 aliphatic carbocycles. The Hall–Kier alpha value is -3.14. The molecule has 8 nitrogen and oxygen atoms in total. The Bertz CT molecular complexity index is 1300. The van der Waals surface area contributed by atoms with Crippen LogP contribution in [0.5, 0.6) is 5.88 Å². The molecule has 3 rings (SSSR count). The molecular weight excluding hydrogens is 524 g/mol. The van der Waals surface area contributed by atoms with Crippen molar-refractivity contribution in [1.82, 2.24) is 15.1 Å². The minimum atomic E-state index is -1.27. The number of hydrogen-bond donors (Lipinski definition) is 3. The van der Waals surface area contributed by atoms with E-state index in [-0.39, 0.29) is 28.9 Å². The molecule has 2 aromatic carbocycles. The second kappa shape index (κ2) is 11.1. The second-order valence-corrected chi connectivity index (χ2v) is 10.7. The van der Waals surface area contributed by atoms with Crippen LogP contribution in [-0.2, 0) is 4.79 Å². The average Bonchev–Trinajstić information content (AvgIpc) is 3.21. The number of ether oxygens (including phenoxy) is 1. The van der Waals surface area contributed by atoms with Crippen LogP contribution in [0, 0.1) is 11.2 Å². The number of amides is 1. The van der Waals surface area contributed by atoms with Crippen molar-refractivity contribution in [2.24, 2.45) is 5.41 Å². The molecule has 0 aliphatic heterocycles. The van der Waals surface area contributed by atoms with Gasteiger partial charge in [-0.2, -0.15) is 9.78 Å². The first-order chi connectivity index (χ1) is 17.2. The maximum Gasteiger partial charge on any atom is 0.305 e. The third-order valence-electron chi connectivity index (χ3n) is 6.13. The van der Waals surface area contributed by atoms with E-state index in [0.29, 0.717) is 10.6 Å². The van der Waals surface area contributed by atoms with Gasteiger partial charge in [0.05, 0.1) is 12.5 Å². The Kier molecular flexibility index (Phi) is 8.52. The highest BCUT2D eigenvalue weighted by Crippen LogP contribution is 2.32. The molecule has 1 amide bonds. The summed E-state index contributed by atoms with van der Waals surface area (Å²) in [5.41, 5.74) is -1.59. The topological polar surface area (TPSA) is 114 Å². The van der Waals surface area contributed by atoms with Crippen molar-refractivity contribution in [1.29, 1.82) is 0 Å². The zero-order valence-electron chi connectivity index (χ0n) is 20.8. The Morgan fingerprint density at radius 2 is 1.81 bits per heavy atom. The third-order valence-corrected chi connectivity index (χ3v) is 6.69. The summed E-state index contributed by atoms with van der Waals surface area (Å²) in [6.07, 6.45) is -0.459. The summed E-state index contributed by atoms with van der Waals surface area (Å²) in [6.45, 7) is 6.96. The molecule has 3 aromatic rings. The number of halogens is 3. The van der Waals surface area contributed by atoms with E-state index >= 15 is 0 Å². The van der Waals surface area contributed by atoms with Gasteiger partial charge in [-0.3, -0.25) is 9.59 Å². The highest BCUT2D eigenvalue weighted by atomic mass is 35.5. The molecule has 11 heteroatoms. The van der Waals surface area contributed by atoms with Crippen LogP contribution in [0.15, 0.2) is 48.5 Å². The van der Waals surface area contributed by atoms with Crippen LogP contribution in [-0.4, -0.2) is 44.1 Å². The van der Waals surface area contributed by atoms with Gasteiger partial charge in [0.25, 0.3) is 5.91 Å². The number of carboxylic acids is 1. The van der Waals surface area contributed by atoms with Gasteiger partial charge in [-0.25, -0.2) is 4.39 Å². The highest BCUT2D eigenvalue weighted by Gasteiger charge is 2.36. The quantitative estimate of drug-likeness (QED) is 0.326. The van der Waals surface area contributed by atoms with E-state index in [1.54, 1.807) is 13.0 Å². The van der Waals surface area contributed by atoms with Gasteiger partial charge in [0.15, 0.2) is 5.69 Å². The summed E-state index contributed by atoms with van der Waals surface area (Å²) in [6, 6.07) is 10.6. The molecule has 2 atom stereocenters. The molecule has 0 fully saturated rings. The van der Waals surface area contributed by atoms with Crippen LogP contribution < -0.4 is 10.1 Å². The summed E-state index contributed by atoms with van der Waals surface area (Å²) in [4.78, 5) is 24.7. The third kappa shape index (κ3) is 6.80. The summed E-state index contributed by atoms with van der Waals surface area (Å²) in [5, 5.41) is 27.6. The number of aromatic nitrogens is 2. The zero-order chi connectivity index (χ0) is 27.5. The molecule has 0 saturated heterocycles. The number of rotatable bonds is 9. The number of aliphatic hydroxyl groups is 1. The minimum absolute atomic E-state index is 0.0130. The van der Waals surface area contributed by atoms with Crippen LogP contribution in [0.2, 0.25) is 10.0 Å². The van der Waals surface area contributed by atoms with E-state index in [0.717, 1.165) is 4.68 Å². The van der Waals surface area contributed by atoms with Crippen molar-refractivity contribution in [2.75, 3.05) is 6.61 Å². The van der Waals surface area contributed by atoms with Gasteiger partial charge in [-0.15, -0.1) is 0 Å². The first kappa shape index (κ1) is 28.4. The van der Waals surface area contributed by atoms with Gasteiger partial charge < -0.3 is 20.3 Å². The van der Waals surface area contributed by atoms with Crippen LogP contribution in [0.4, 0.5) is 4.39 Å². The molecule has 0 aliphatic rings. The molecule has 198 valence electrons. The number of para-hydroxylation sites is 1. The molecule has 0 bridgehead atoms. The Balaban J connectivity index is 1.97. The molecule has 0 spiro atoms. The fourth-order valence-electron chi connectivity index (χ4n) is 3.23. The second-order valence-electron chi connectivity index (χ2n) is 9.83. The molecule has 2 unspecified atom stereocenters. The zero-order valence-corrected chi connectivity index (χ0v) is 22.3. The summed E-state index contributed by atoms with van der Waals surface area (Å²) < 4.78 is 21.6. The number of hydrogen-bond acceptors (Lipinski definition) is 5. The predicted octanol–water partition coefficient (Wildman–Crippen LogP) is 5.44. The van der Waals surface area contributed by atoms with E-state index in [9.17, 15) is 24.2 Å². The van der Waals surface area contributed by atoms with E-state index in [1.165, 1.54) is 42.5 Å². The number of carbonyl (C=O) groups is 2. The normalized spacial score (nSPS) is 14.1. The summed E-state index contributed by atoms with van der Waals surface area (Å²) in [7, 11) is 0. The fraction of sp³-hybridized carbons (Fsp3) is 0.346. The maximum absolute atomic E-state index is 14.6. The first-order valence-corrected chi connectivity index (χ1v) is 12.1. The van der Waals surface area contributed by atoms with Gasteiger partial charge in [-0.05, 0) is 42.2 Å². The fourth-order valence-corrected chi connectivity index (χ4v) is 3.77. The van der Waals surface area contributed by atoms with Crippen LogP contribution in [0.25, 0.3) is 5.69 Å². The van der Waals surface area contributed by atoms with E-state index in [2.05, 4.69) is 10.4 Å². The SMILES string of the molecule is CC(C)(C)C(C)(O)COc1cc(C(=O)NC(CC(=O)O)c2ccc(Cl)cc2Cl)nn1-c1ccccc1F. The molecule has 3 N–H and O–H groups in total. The van der Waals surface area contributed by atoms with Crippen molar-refractivity contribution in [2.45, 2.75) is 45.8 Å². The maximum atomic E-state index is 14.6. The smallest absolute Gasteiger partial charge is 0.305 e. The van der Waals surface area contributed by atoms with Gasteiger partial charge in [-0.1, -0.05) is 62.2 Å². The first-order valence-electron chi connectivity index (χ1n) is 11.4. The molecule has 0 saturated carbocycles. The van der Waals surface area contributed by atoms with Crippen LogP contribution >= 0.6 is 23.2 Å². The number of carboxylic acid groups (broad SMARTS) is 1. The van der Waals surface area contributed by atoms with Gasteiger partial charge in [0, 0.05) is 16.1 Å². The standard InChI is InChI=1S/C26H28Cl2FN3O5/c1-25(2,3)26(4,36)14-37-22-12-20(31-32(22)21-8-6-5-7-18(21)29)24(35)30-19(13-23(33)34)16-10-9-15(27)11-17(16)28/h5-12,19,36H,13-14H2,1-4H3,(H,30,35)(H,33,34). The van der Waals surface area contributed by atoms with Gasteiger partial charge in [0.2, 0.25) is 5.88 Å². The summed E-state index contributed by atoms with van der Waals surface area (Å²) in [5.74, 6) is -2.50. The molecule has 1 heterocycles. The van der Waals surface area contributed by atoms with Crippen molar-refractivity contribution in [3.63, 3.8) is 0 Å². The lowest BCUT2D eigenvalue weighted by molar-refractivity contribution is -0.137. The van der Waals surface area contributed by atoms with Crippen LogP contribution in [0.3, 0.4) is 0 Å². The Morgan fingerprint density at radius 1 is 1.14 bits per heavy atom. The number of nitrogens with one attached hydrogen (secondary N) is 1. The number of benzene rings is 2. The average molecular weight is 552 g/mol. The lowest BCUT2D eigenvalue weighted by atomic mass is 9.78. The lowest BCUT2D eigenvalue weighted by Crippen LogP contribution is -2.45. The summed E-state index contributed by atoms with van der Waals surface area (Å²) >= 11 is 12.2. The highest BCUT2D eigenvalue weighted by molar-refractivity contribution is 6.35. The van der Waals surface area contributed by atoms with Crippen molar-refractivity contribution in [3.05, 3.63) is 75.7 Å². The van der Waals surface area contributed by atoms with Gasteiger partial charge in [0.1, 0.15) is 23.7 Å². The van der Waals surface area contributed by atoms with E-state index in [1.807, 2.05) is 20.8 Å². The Labute approximate surface area is 224 Å².